The van der Waals surface area contributed by atoms with Crippen molar-refractivity contribution in [3.63, 3.8) is 0 Å². The topological polar surface area (TPSA) is 49.3 Å². The molecule has 1 aliphatic rings. The van der Waals surface area contributed by atoms with Gasteiger partial charge < -0.3 is 10.4 Å². The minimum Gasteiger partial charge on any atom is -0.481 e. The van der Waals surface area contributed by atoms with Gasteiger partial charge in [-0.25, -0.2) is 0 Å². The van der Waals surface area contributed by atoms with Crippen molar-refractivity contribution in [2.75, 3.05) is 6.54 Å². The van der Waals surface area contributed by atoms with Crippen LogP contribution in [0.4, 0.5) is 0 Å². The number of carbonyl (C=O) groups is 1. The molecule has 0 aromatic heterocycles. The molecule has 0 bridgehead atoms. The quantitative estimate of drug-likeness (QED) is 0.747. The number of hydrogen-bond acceptors (Lipinski definition) is 2. The molecule has 2 atom stereocenters. The van der Waals surface area contributed by atoms with Gasteiger partial charge in [0.15, 0.2) is 0 Å². The molecular formula is C21H25NO2. The van der Waals surface area contributed by atoms with E-state index in [1.54, 1.807) is 0 Å². The molecule has 0 saturated heterocycles. The van der Waals surface area contributed by atoms with Crippen LogP contribution in [0.5, 0.6) is 0 Å². The van der Waals surface area contributed by atoms with Crippen LogP contribution in [0.1, 0.15) is 54.3 Å². The maximum atomic E-state index is 10.8. The molecule has 1 aliphatic carbocycles. The molecule has 24 heavy (non-hydrogen) atoms. The lowest BCUT2D eigenvalue weighted by molar-refractivity contribution is -0.137. The van der Waals surface area contributed by atoms with Crippen molar-refractivity contribution in [2.24, 2.45) is 0 Å². The molecule has 3 rings (SSSR count). The van der Waals surface area contributed by atoms with Crippen molar-refractivity contribution in [3.8, 4) is 0 Å². The summed E-state index contributed by atoms with van der Waals surface area (Å²) >= 11 is 0. The molecule has 2 unspecified atom stereocenters. The summed E-state index contributed by atoms with van der Waals surface area (Å²) in [5.74, 6) is -0.279. The summed E-state index contributed by atoms with van der Waals surface area (Å²) in [4.78, 5) is 10.8. The largest absolute Gasteiger partial charge is 0.481 e. The Labute approximate surface area is 143 Å². The maximum absolute atomic E-state index is 10.8. The fourth-order valence-corrected chi connectivity index (χ4v) is 3.79. The number of hydrogen-bond donors (Lipinski definition) is 2. The van der Waals surface area contributed by atoms with Crippen molar-refractivity contribution in [1.29, 1.82) is 0 Å². The zero-order chi connectivity index (χ0) is 16.8. The monoisotopic (exact) mass is 323 g/mol. The van der Waals surface area contributed by atoms with Crippen molar-refractivity contribution in [3.05, 3.63) is 71.3 Å². The first-order valence-corrected chi connectivity index (χ1v) is 8.83. The van der Waals surface area contributed by atoms with Gasteiger partial charge in [0.1, 0.15) is 0 Å². The van der Waals surface area contributed by atoms with Gasteiger partial charge in [0, 0.05) is 18.4 Å². The molecule has 0 aliphatic heterocycles. The average Bonchev–Trinajstić information content (AvgIpc) is 2.62. The van der Waals surface area contributed by atoms with E-state index in [2.05, 4.69) is 53.8 Å². The van der Waals surface area contributed by atoms with Gasteiger partial charge in [-0.3, -0.25) is 4.79 Å². The van der Waals surface area contributed by atoms with Crippen LogP contribution in [0.15, 0.2) is 54.6 Å². The fourth-order valence-electron chi connectivity index (χ4n) is 3.79. The second-order valence-electron chi connectivity index (χ2n) is 6.54. The van der Waals surface area contributed by atoms with E-state index in [0.717, 1.165) is 13.0 Å². The Morgan fingerprint density at radius 2 is 1.88 bits per heavy atom. The van der Waals surface area contributed by atoms with Crippen molar-refractivity contribution in [1.82, 2.24) is 5.32 Å². The lowest BCUT2D eigenvalue weighted by Crippen LogP contribution is -2.30. The molecule has 3 nitrogen and oxygen atoms in total. The maximum Gasteiger partial charge on any atom is 0.303 e. The van der Waals surface area contributed by atoms with Gasteiger partial charge in [-0.2, -0.15) is 0 Å². The highest BCUT2D eigenvalue weighted by Crippen LogP contribution is 2.40. The Kier molecular flexibility index (Phi) is 5.65. The minimum absolute atomic E-state index is 0.218. The predicted molar refractivity (Wildman–Crippen MR) is 96.2 cm³/mol. The van der Waals surface area contributed by atoms with Crippen LogP contribution in [0.2, 0.25) is 0 Å². The molecular weight excluding hydrogens is 298 g/mol. The van der Waals surface area contributed by atoms with Crippen molar-refractivity contribution in [2.45, 2.75) is 44.1 Å². The third-order valence-corrected chi connectivity index (χ3v) is 4.91. The first-order valence-electron chi connectivity index (χ1n) is 8.83. The second kappa shape index (κ2) is 8.11. The SMILES string of the molecule is O=C(O)CCCNC(c1ccccc1)C1CCCc2ccccc21. The van der Waals surface area contributed by atoms with E-state index in [9.17, 15) is 4.79 Å². The van der Waals surface area contributed by atoms with Crippen LogP contribution in [0.25, 0.3) is 0 Å². The van der Waals surface area contributed by atoms with Crippen LogP contribution < -0.4 is 5.32 Å². The third-order valence-electron chi connectivity index (χ3n) is 4.91. The molecule has 2 aromatic rings. The molecule has 0 amide bonds. The summed E-state index contributed by atoms with van der Waals surface area (Å²) in [7, 11) is 0. The standard InChI is InChI=1S/C21H25NO2/c23-20(24)14-7-15-22-21(17-9-2-1-3-10-17)19-13-6-11-16-8-4-5-12-18(16)19/h1-5,8-10,12,19,21-22H,6-7,11,13-15H2,(H,23,24). The number of benzene rings is 2. The van der Waals surface area contributed by atoms with E-state index in [0.29, 0.717) is 12.3 Å². The van der Waals surface area contributed by atoms with E-state index in [4.69, 9.17) is 5.11 Å². The highest BCUT2D eigenvalue weighted by atomic mass is 16.4. The summed E-state index contributed by atoms with van der Waals surface area (Å²) in [6.07, 6.45) is 4.42. The van der Waals surface area contributed by atoms with Gasteiger partial charge in [-0.15, -0.1) is 0 Å². The van der Waals surface area contributed by atoms with Gasteiger partial charge in [0.25, 0.3) is 0 Å². The smallest absolute Gasteiger partial charge is 0.303 e. The molecule has 2 N–H and O–H groups in total. The number of aryl methyl sites for hydroxylation is 1. The Hall–Kier alpha value is -2.13. The van der Waals surface area contributed by atoms with E-state index in [1.165, 1.54) is 29.5 Å². The Morgan fingerprint density at radius 3 is 2.67 bits per heavy atom. The number of carboxylic acid groups (broad SMARTS) is 1. The van der Waals surface area contributed by atoms with Gasteiger partial charge in [0.05, 0.1) is 0 Å². The van der Waals surface area contributed by atoms with E-state index < -0.39 is 5.97 Å². The number of carboxylic acids is 1. The van der Waals surface area contributed by atoms with Gasteiger partial charge in [0.2, 0.25) is 0 Å². The van der Waals surface area contributed by atoms with Crippen LogP contribution >= 0.6 is 0 Å². The highest BCUT2D eigenvalue weighted by molar-refractivity contribution is 5.66. The van der Waals surface area contributed by atoms with Crippen LogP contribution in [0.3, 0.4) is 0 Å². The summed E-state index contributed by atoms with van der Waals surface area (Å²) < 4.78 is 0. The first kappa shape index (κ1) is 16.7. The number of aliphatic carboxylic acids is 1. The molecule has 3 heteroatoms. The van der Waals surface area contributed by atoms with Crippen LogP contribution in [-0.2, 0) is 11.2 Å². The molecule has 2 aromatic carbocycles. The summed E-state index contributed by atoms with van der Waals surface area (Å²) in [5, 5.41) is 12.5. The summed E-state index contributed by atoms with van der Waals surface area (Å²) in [5.41, 5.74) is 4.19. The zero-order valence-electron chi connectivity index (χ0n) is 13.9. The molecule has 0 radical (unpaired) electrons. The Morgan fingerprint density at radius 1 is 1.12 bits per heavy atom. The average molecular weight is 323 g/mol. The first-order chi connectivity index (χ1) is 11.8. The number of rotatable bonds is 7. The molecule has 0 saturated carbocycles. The zero-order valence-corrected chi connectivity index (χ0v) is 13.9. The Bertz CT molecular complexity index is 669. The number of fused-ring (bicyclic) bond motifs is 1. The lowest BCUT2D eigenvalue weighted by Gasteiger charge is -2.33. The summed E-state index contributed by atoms with van der Waals surface area (Å²) in [6, 6.07) is 19.5. The van der Waals surface area contributed by atoms with Crippen LogP contribution in [-0.4, -0.2) is 17.6 Å². The van der Waals surface area contributed by atoms with Gasteiger partial charge in [-0.1, -0.05) is 54.6 Å². The summed E-state index contributed by atoms with van der Waals surface area (Å²) in [6.45, 7) is 0.727. The molecule has 0 heterocycles. The predicted octanol–water partition coefficient (Wildman–Crippen LogP) is 4.30. The minimum atomic E-state index is -0.726. The molecule has 0 fully saturated rings. The fraction of sp³-hybridized carbons (Fsp3) is 0.381. The van der Waals surface area contributed by atoms with Crippen molar-refractivity contribution >= 4 is 5.97 Å². The van der Waals surface area contributed by atoms with E-state index in [1.807, 2.05) is 6.07 Å². The number of nitrogens with one attached hydrogen (secondary N) is 1. The lowest BCUT2D eigenvalue weighted by atomic mass is 9.76. The molecule has 126 valence electrons. The van der Waals surface area contributed by atoms with Gasteiger partial charge in [-0.05, 0) is 48.9 Å². The van der Waals surface area contributed by atoms with Crippen LogP contribution in [0, 0.1) is 0 Å². The normalized spacial score (nSPS) is 17.9. The Balaban J connectivity index is 1.81. The van der Waals surface area contributed by atoms with E-state index in [-0.39, 0.29) is 12.5 Å². The van der Waals surface area contributed by atoms with Crippen molar-refractivity contribution < 1.29 is 9.90 Å². The molecule has 0 spiro atoms. The van der Waals surface area contributed by atoms with Gasteiger partial charge >= 0.3 is 5.97 Å². The third kappa shape index (κ3) is 4.04. The second-order valence-corrected chi connectivity index (χ2v) is 6.54. The van der Waals surface area contributed by atoms with E-state index >= 15 is 0 Å². The highest BCUT2D eigenvalue weighted by Gasteiger charge is 2.28.